The van der Waals surface area contributed by atoms with Crippen LogP contribution in [0.1, 0.15) is 87.4 Å². The molecular formula is C48H46N6O8. The molecule has 4 heterocycles. The van der Waals surface area contributed by atoms with Crippen LogP contribution in [0.4, 0.5) is 5.69 Å². The van der Waals surface area contributed by atoms with Crippen LogP contribution in [0, 0.1) is 0 Å². The van der Waals surface area contributed by atoms with Gasteiger partial charge in [0.1, 0.15) is 28.8 Å². The minimum absolute atomic E-state index is 0.0583. The van der Waals surface area contributed by atoms with Gasteiger partial charge < -0.3 is 30.0 Å². The van der Waals surface area contributed by atoms with E-state index in [1.165, 1.54) is 4.57 Å². The summed E-state index contributed by atoms with van der Waals surface area (Å²) in [5, 5.41) is 19.9. The SMILES string of the molecule is Cn1cc(-c2cc(C(C)(C)O)ccc2Oc2ccccc2)c2cc(C(=O)NCc3ccc(CCCCNc4cccc5c4C(=O)N(C4CCC(=O)NC4=O)C5=O)cc3)[nH]c2c1=O. The number of aliphatic hydroxyl groups is 1. The predicted molar refractivity (Wildman–Crippen MR) is 233 cm³/mol. The zero-order valence-corrected chi connectivity index (χ0v) is 34.5. The molecule has 1 saturated heterocycles. The Kier molecular flexibility index (Phi) is 11.3. The number of nitrogens with one attached hydrogen (secondary N) is 4. The van der Waals surface area contributed by atoms with Crippen LogP contribution >= 0.6 is 0 Å². The highest BCUT2D eigenvalue weighted by molar-refractivity contribution is 6.25. The van der Waals surface area contributed by atoms with Gasteiger partial charge in [-0.15, -0.1) is 0 Å². The number of aromatic amines is 1. The van der Waals surface area contributed by atoms with E-state index in [0.717, 1.165) is 35.3 Å². The highest BCUT2D eigenvalue weighted by atomic mass is 16.5. The van der Waals surface area contributed by atoms with Crippen LogP contribution in [-0.4, -0.2) is 61.7 Å². The van der Waals surface area contributed by atoms with Gasteiger partial charge in [-0.3, -0.25) is 39.0 Å². The van der Waals surface area contributed by atoms with E-state index in [1.807, 2.05) is 60.7 Å². The summed E-state index contributed by atoms with van der Waals surface area (Å²) >= 11 is 0. The van der Waals surface area contributed by atoms with E-state index in [1.54, 1.807) is 63.5 Å². The Morgan fingerprint density at radius 2 is 1.61 bits per heavy atom. The van der Waals surface area contributed by atoms with Gasteiger partial charge >= 0.3 is 0 Å². The highest BCUT2D eigenvalue weighted by Crippen LogP contribution is 2.39. The van der Waals surface area contributed by atoms with Crippen molar-refractivity contribution in [3.05, 3.63) is 147 Å². The number of amides is 5. The van der Waals surface area contributed by atoms with Crippen LogP contribution in [0.3, 0.4) is 0 Å². The Morgan fingerprint density at radius 1 is 0.855 bits per heavy atom. The maximum atomic E-state index is 13.5. The van der Waals surface area contributed by atoms with E-state index in [-0.39, 0.29) is 53.2 Å². The number of hydrogen-bond acceptors (Lipinski definition) is 9. The number of rotatable bonds is 14. The fraction of sp³-hybridized carbons (Fsp3) is 0.250. The molecule has 316 valence electrons. The summed E-state index contributed by atoms with van der Waals surface area (Å²) in [4.78, 5) is 81.5. The van der Waals surface area contributed by atoms with Crippen molar-refractivity contribution < 1.29 is 33.8 Å². The van der Waals surface area contributed by atoms with E-state index in [4.69, 9.17) is 4.74 Å². The van der Waals surface area contributed by atoms with Crippen molar-refractivity contribution in [2.45, 2.75) is 64.1 Å². The van der Waals surface area contributed by atoms with Crippen molar-refractivity contribution in [3.8, 4) is 22.6 Å². The number of carbonyl (C=O) groups excluding carboxylic acids is 5. The smallest absolute Gasteiger partial charge is 0.274 e. The summed E-state index contributed by atoms with van der Waals surface area (Å²) < 4.78 is 7.75. The van der Waals surface area contributed by atoms with Gasteiger partial charge in [-0.05, 0) is 98.7 Å². The Balaban J connectivity index is 0.883. The number of imide groups is 2. The molecule has 0 aliphatic carbocycles. The number of pyridine rings is 1. The van der Waals surface area contributed by atoms with Gasteiger partial charge in [0.2, 0.25) is 11.8 Å². The summed E-state index contributed by atoms with van der Waals surface area (Å²) in [7, 11) is 1.65. The fourth-order valence-corrected chi connectivity index (χ4v) is 7.94. The number of carbonyl (C=O) groups is 5. The van der Waals surface area contributed by atoms with Crippen LogP contribution in [0.2, 0.25) is 0 Å². The number of anilines is 1. The molecule has 0 radical (unpaired) electrons. The van der Waals surface area contributed by atoms with Crippen molar-refractivity contribution in [1.29, 1.82) is 0 Å². The predicted octanol–water partition coefficient (Wildman–Crippen LogP) is 6.32. The number of ether oxygens (including phenoxy) is 1. The van der Waals surface area contributed by atoms with Gasteiger partial charge in [-0.2, -0.15) is 0 Å². The van der Waals surface area contributed by atoms with E-state index >= 15 is 0 Å². The number of aryl methyl sites for hydroxylation is 2. The lowest BCUT2D eigenvalue weighted by molar-refractivity contribution is -0.136. The summed E-state index contributed by atoms with van der Waals surface area (Å²) in [5.74, 6) is -1.39. The van der Waals surface area contributed by atoms with Gasteiger partial charge in [0.05, 0.1) is 16.7 Å². The third-order valence-corrected chi connectivity index (χ3v) is 11.3. The lowest BCUT2D eigenvalue weighted by atomic mass is 9.93. The molecule has 62 heavy (non-hydrogen) atoms. The second kappa shape index (κ2) is 17.0. The van der Waals surface area contributed by atoms with E-state index in [2.05, 4.69) is 20.9 Å². The van der Waals surface area contributed by atoms with Crippen molar-refractivity contribution in [3.63, 3.8) is 0 Å². The lowest BCUT2D eigenvalue weighted by Crippen LogP contribution is -2.54. The molecule has 1 atom stereocenters. The number of fused-ring (bicyclic) bond motifs is 2. The number of para-hydroxylation sites is 1. The Labute approximate surface area is 356 Å². The van der Waals surface area contributed by atoms with Crippen molar-refractivity contribution in [1.82, 2.24) is 25.1 Å². The summed E-state index contributed by atoms with van der Waals surface area (Å²) in [6.45, 7) is 4.21. The topological polar surface area (TPSA) is 192 Å². The average Bonchev–Trinajstić information content (AvgIpc) is 3.81. The lowest BCUT2D eigenvalue weighted by Gasteiger charge is -2.27. The standard InChI is InChI=1S/C48H46N6O8/c1-48(2,61)30-19-21-39(62-31-11-5-4-6-12-31)33(24-30)35-27-53(3)47(60)42-34(35)25-37(51-42)43(56)50-26-29-17-15-28(16-18-29)10-7-8-23-49-36-14-9-13-32-41(36)46(59)54(45(32)58)38-20-22-40(55)52-44(38)57/h4-6,9,11-19,21,24-25,27,38,49,51,61H,7-8,10,20,22-23,26H2,1-3H3,(H,50,56)(H,52,55,57). The number of piperidine rings is 1. The Hall–Kier alpha value is -7.32. The average molecular weight is 835 g/mol. The second-order valence-corrected chi connectivity index (χ2v) is 16.2. The normalized spacial score (nSPS) is 15.2. The molecule has 2 aliphatic rings. The number of hydrogen-bond donors (Lipinski definition) is 5. The van der Waals surface area contributed by atoms with Crippen LogP contribution in [0.5, 0.6) is 11.5 Å². The number of benzene rings is 4. The second-order valence-electron chi connectivity index (χ2n) is 16.2. The van der Waals surface area contributed by atoms with Crippen LogP contribution in [0.25, 0.3) is 22.0 Å². The number of H-pyrrole nitrogens is 1. The minimum atomic E-state index is -1.15. The summed E-state index contributed by atoms with van der Waals surface area (Å²) in [5.41, 5.74) is 3.99. The van der Waals surface area contributed by atoms with Gasteiger partial charge in [0.15, 0.2) is 0 Å². The van der Waals surface area contributed by atoms with Crippen LogP contribution < -0.4 is 26.2 Å². The molecule has 8 rings (SSSR count). The first kappa shape index (κ1) is 41.4. The Bertz CT molecular complexity index is 2800. The molecule has 1 fully saturated rings. The van der Waals surface area contributed by atoms with Crippen molar-refractivity contribution in [2.75, 3.05) is 11.9 Å². The third-order valence-electron chi connectivity index (χ3n) is 11.3. The number of nitrogens with zero attached hydrogens (tertiary/aromatic N) is 2. The van der Waals surface area contributed by atoms with Gasteiger partial charge in [0.25, 0.3) is 23.3 Å². The zero-order chi connectivity index (χ0) is 43.7. The van der Waals surface area contributed by atoms with E-state index in [9.17, 15) is 33.9 Å². The number of unbranched alkanes of at least 4 members (excludes halogenated alkanes) is 1. The molecule has 5 N–H and O–H groups in total. The quantitative estimate of drug-likeness (QED) is 0.0618. The Morgan fingerprint density at radius 3 is 2.35 bits per heavy atom. The molecule has 0 saturated carbocycles. The minimum Gasteiger partial charge on any atom is -0.457 e. The number of aromatic nitrogens is 2. The first-order valence-electron chi connectivity index (χ1n) is 20.5. The molecule has 2 aliphatic heterocycles. The van der Waals surface area contributed by atoms with Crippen molar-refractivity contribution in [2.24, 2.45) is 7.05 Å². The molecular weight excluding hydrogens is 789 g/mol. The zero-order valence-electron chi connectivity index (χ0n) is 34.5. The monoisotopic (exact) mass is 834 g/mol. The summed E-state index contributed by atoms with van der Waals surface area (Å²) in [6.07, 6.45) is 4.28. The van der Waals surface area contributed by atoms with Gasteiger partial charge in [-0.25, -0.2) is 0 Å². The maximum Gasteiger partial charge on any atom is 0.274 e. The molecule has 14 heteroatoms. The first-order valence-corrected chi connectivity index (χ1v) is 20.5. The van der Waals surface area contributed by atoms with Gasteiger partial charge in [-0.1, -0.05) is 54.6 Å². The van der Waals surface area contributed by atoms with Crippen LogP contribution in [-0.2, 0) is 35.2 Å². The molecule has 0 spiro atoms. The molecule has 0 bridgehead atoms. The molecule has 5 amide bonds. The maximum absolute atomic E-state index is 13.5. The molecule has 6 aromatic rings. The van der Waals surface area contributed by atoms with E-state index < -0.39 is 35.3 Å². The summed E-state index contributed by atoms with van der Waals surface area (Å²) in [6, 6.07) is 28.4. The fourth-order valence-electron chi connectivity index (χ4n) is 7.94. The van der Waals surface area contributed by atoms with Crippen molar-refractivity contribution >= 4 is 46.1 Å². The van der Waals surface area contributed by atoms with Gasteiger partial charge in [0, 0.05) is 55.0 Å². The van der Waals surface area contributed by atoms with E-state index in [0.29, 0.717) is 45.8 Å². The molecule has 14 nitrogen and oxygen atoms in total. The highest BCUT2D eigenvalue weighted by Gasteiger charge is 2.45. The molecule has 4 aromatic carbocycles. The molecule has 1 unspecified atom stereocenters. The molecule has 2 aromatic heterocycles. The largest absolute Gasteiger partial charge is 0.457 e. The first-order chi connectivity index (χ1) is 29.8. The third kappa shape index (κ3) is 8.37. The van der Waals surface area contributed by atoms with Crippen LogP contribution in [0.15, 0.2) is 108 Å².